The van der Waals surface area contributed by atoms with E-state index in [0.29, 0.717) is 19.0 Å². The van der Waals surface area contributed by atoms with E-state index in [9.17, 15) is 8.42 Å². The molecule has 1 aliphatic heterocycles. The van der Waals surface area contributed by atoms with Gasteiger partial charge in [-0.25, -0.2) is 13.6 Å². The minimum atomic E-state index is -3.66. The van der Waals surface area contributed by atoms with Gasteiger partial charge in [0.15, 0.2) is 17.5 Å². The van der Waals surface area contributed by atoms with Crippen LogP contribution in [0.4, 0.5) is 0 Å². The van der Waals surface area contributed by atoms with Crippen LogP contribution >= 0.6 is 0 Å². The number of nitrogens with two attached hydrogens (primary N) is 1. The molecule has 0 bridgehead atoms. The molecule has 3 rings (SSSR count). The van der Waals surface area contributed by atoms with Crippen molar-refractivity contribution in [2.45, 2.75) is 17.9 Å². The molecule has 0 saturated carbocycles. The molecule has 0 atom stereocenters. The second-order valence-corrected chi connectivity index (χ2v) is 7.54. The van der Waals surface area contributed by atoms with Gasteiger partial charge in [0, 0.05) is 20.1 Å². The van der Waals surface area contributed by atoms with Crippen molar-refractivity contribution in [3.05, 3.63) is 53.6 Å². The third-order valence-corrected chi connectivity index (χ3v) is 5.01. The molecule has 1 aliphatic rings. The average molecular weight is 390 g/mol. The first-order valence-corrected chi connectivity index (χ1v) is 9.95. The number of nitrogens with zero attached hydrogens (tertiary/aromatic N) is 1. The van der Waals surface area contributed by atoms with Gasteiger partial charge in [-0.1, -0.05) is 18.2 Å². The Kier molecular flexibility index (Phi) is 5.82. The minimum absolute atomic E-state index is 0.111. The summed E-state index contributed by atoms with van der Waals surface area (Å²) >= 11 is 0. The van der Waals surface area contributed by atoms with Crippen molar-refractivity contribution in [2.75, 3.05) is 20.4 Å². The molecule has 0 aliphatic carbocycles. The number of ether oxygens (including phenoxy) is 2. The molecule has 0 fully saturated rings. The maximum Gasteiger partial charge on any atom is 0.238 e. The van der Waals surface area contributed by atoms with Crippen molar-refractivity contribution < 1.29 is 17.9 Å². The van der Waals surface area contributed by atoms with Gasteiger partial charge >= 0.3 is 0 Å². The van der Waals surface area contributed by atoms with Gasteiger partial charge in [-0.05, 0) is 41.8 Å². The van der Waals surface area contributed by atoms with Gasteiger partial charge in [-0.3, -0.25) is 4.99 Å². The monoisotopic (exact) mass is 390 g/mol. The zero-order chi connectivity index (χ0) is 19.3. The Morgan fingerprint density at radius 2 is 1.78 bits per heavy atom. The summed E-state index contributed by atoms with van der Waals surface area (Å²) in [7, 11) is -1.95. The molecule has 8 nitrogen and oxygen atoms in total. The minimum Gasteiger partial charge on any atom is -0.454 e. The normalized spacial score (nSPS) is 13.5. The molecular formula is C18H22N4O4S. The van der Waals surface area contributed by atoms with E-state index in [1.54, 1.807) is 19.2 Å². The van der Waals surface area contributed by atoms with Crippen LogP contribution in [0.3, 0.4) is 0 Å². The topological polar surface area (TPSA) is 115 Å². The Balaban J connectivity index is 1.46. The van der Waals surface area contributed by atoms with Gasteiger partial charge in [0.1, 0.15) is 0 Å². The molecule has 0 aromatic heterocycles. The fraction of sp³-hybridized carbons (Fsp3) is 0.278. The number of aliphatic imine (C=N–C) groups is 1. The summed E-state index contributed by atoms with van der Waals surface area (Å²) in [5.74, 6) is 2.18. The molecule has 0 amide bonds. The van der Waals surface area contributed by atoms with Crippen LogP contribution in [0.5, 0.6) is 11.5 Å². The summed E-state index contributed by atoms with van der Waals surface area (Å²) in [6.07, 6.45) is 0.718. The molecule has 2 aromatic rings. The highest BCUT2D eigenvalue weighted by atomic mass is 32.2. The number of primary sulfonamides is 1. The van der Waals surface area contributed by atoms with Crippen LogP contribution < -0.4 is 25.2 Å². The highest BCUT2D eigenvalue weighted by Crippen LogP contribution is 2.32. The highest BCUT2D eigenvalue weighted by Gasteiger charge is 2.13. The van der Waals surface area contributed by atoms with E-state index in [4.69, 9.17) is 14.6 Å². The van der Waals surface area contributed by atoms with Gasteiger partial charge in [0.25, 0.3) is 0 Å². The molecular weight excluding hydrogens is 368 g/mol. The number of benzene rings is 2. The molecule has 144 valence electrons. The van der Waals surface area contributed by atoms with Crippen LogP contribution in [0, 0.1) is 0 Å². The lowest BCUT2D eigenvalue weighted by Gasteiger charge is -2.12. The molecule has 0 radical (unpaired) electrons. The van der Waals surface area contributed by atoms with Crippen molar-refractivity contribution in [3.63, 3.8) is 0 Å². The summed E-state index contributed by atoms with van der Waals surface area (Å²) in [6, 6.07) is 12.3. The Labute approximate surface area is 158 Å². The van der Waals surface area contributed by atoms with Crippen molar-refractivity contribution in [2.24, 2.45) is 10.1 Å². The van der Waals surface area contributed by atoms with E-state index < -0.39 is 10.0 Å². The van der Waals surface area contributed by atoms with E-state index in [1.807, 2.05) is 18.2 Å². The number of fused-ring (bicyclic) bond motifs is 1. The third-order valence-electron chi connectivity index (χ3n) is 4.08. The van der Waals surface area contributed by atoms with E-state index in [2.05, 4.69) is 15.6 Å². The molecule has 9 heteroatoms. The molecule has 0 spiro atoms. The molecule has 0 unspecified atom stereocenters. The summed E-state index contributed by atoms with van der Waals surface area (Å²) in [5.41, 5.74) is 2.06. The van der Waals surface area contributed by atoms with Crippen molar-refractivity contribution >= 4 is 16.0 Å². The van der Waals surface area contributed by atoms with Gasteiger partial charge in [0.2, 0.25) is 16.8 Å². The molecule has 0 saturated heterocycles. The predicted octanol–water partition coefficient (Wildman–Crippen LogP) is 0.970. The maximum absolute atomic E-state index is 11.3. The average Bonchev–Trinajstić information content (AvgIpc) is 3.12. The third kappa shape index (κ3) is 5.11. The standard InChI is InChI=1S/C18H22N4O4S/c1-20-18(22-11-14-4-7-16-17(10-14)26-12-25-16)21-9-8-13-2-5-15(6-3-13)27(19,23)24/h2-7,10H,8-9,11-12H2,1H3,(H2,19,23,24)(H2,20,21,22). The highest BCUT2D eigenvalue weighted by molar-refractivity contribution is 7.89. The Morgan fingerprint density at radius 1 is 1.07 bits per heavy atom. The van der Waals surface area contributed by atoms with Gasteiger partial charge in [-0.15, -0.1) is 0 Å². The van der Waals surface area contributed by atoms with Crippen molar-refractivity contribution in [1.82, 2.24) is 10.6 Å². The fourth-order valence-corrected chi connectivity index (χ4v) is 3.14. The first-order chi connectivity index (χ1) is 13.0. The second kappa shape index (κ2) is 8.28. The summed E-state index contributed by atoms with van der Waals surface area (Å²) in [5, 5.41) is 11.6. The van der Waals surface area contributed by atoms with Crippen molar-refractivity contribution in [1.29, 1.82) is 0 Å². The number of hydrogen-bond donors (Lipinski definition) is 3. The number of sulfonamides is 1. The van der Waals surface area contributed by atoms with Gasteiger partial charge in [0.05, 0.1) is 4.90 Å². The van der Waals surface area contributed by atoms with Crippen LogP contribution in [0.25, 0.3) is 0 Å². The zero-order valence-electron chi connectivity index (χ0n) is 14.9. The quantitative estimate of drug-likeness (QED) is 0.500. The van der Waals surface area contributed by atoms with E-state index in [1.165, 1.54) is 12.1 Å². The van der Waals surface area contributed by atoms with Crippen LogP contribution in [0.1, 0.15) is 11.1 Å². The van der Waals surface area contributed by atoms with Gasteiger partial charge < -0.3 is 20.1 Å². The molecule has 27 heavy (non-hydrogen) atoms. The summed E-state index contributed by atoms with van der Waals surface area (Å²) in [6.45, 7) is 1.50. The molecule has 2 aromatic carbocycles. The van der Waals surface area contributed by atoms with E-state index in [-0.39, 0.29) is 11.7 Å². The van der Waals surface area contributed by atoms with E-state index >= 15 is 0 Å². The van der Waals surface area contributed by atoms with E-state index in [0.717, 1.165) is 29.0 Å². The smallest absolute Gasteiger partial charge is 0.238 e. The first kappa shape index (κ1) is 19.0. The Hall–Kier alpha value is -2.78. The number of hydrogen-bond acceptors (Lipinski definition) is 5. The van der Waals surface area contributed by atoms with Gasteiger partial charge in [-0.2, -0.15) is 0 Å². The SMILES string of the molecule is CN=C(NCCc1ccc(S(N)(=O)=O)cc1)NCc1ccc2c(c1)OCO2. The first-order valence-electron chi connectivity index (χ1n) is 8.40. The molecule has 1 heterocycles. The summed E-state index contributed by atoms with van der Waals surface area (Å²) in [4.78, 5) is 4.31. The number of nitrogens with one attached hydrogen (secondary N) is 2. The van der Waals surface area contributed by atoms with Crippen molar-refractivity contribution in [3.8, 4) is 11.5 Å². The summed E-state index contributed by atoms with van der Waals surface area (Å²) < 4.78 is 33.2. The second-order valence-electron chi connectivity index (χ2n) is 5.98. The molecule has 4 N–H and O–H groups in total. The van der Waals surface area contributed by atoms with Crippen LogP contribution in [-0.4, -0.2) is 34.8 Å². The zero-order valence-corrected chi connectivity index (χ0v) is 15.8. The lowest BCUT2D eigenvalue weighted by molar-refractivity contribution is 0.174. The Morgan fingerprint density at radius 3 is 2.48 bits per heavy atom. The lowest BCUT2D eigenvalue weighted by atomic mass is 10.1. The number of rotatable bonds is 6. The predicted molar refractivity (Wildman–Crippen MR) is 102 cm³/mol. The Bertz CT molecular complexity index is 927. The van der Waals surface area contributed by atoms with Crippen LogP contribution in [-0.2, 0) is 23.0 Å². The largest absolute Gasteiger partial charge is 0.454 e. The maximum atomic E-state index is 11.3. The number of guanidine groups is 1. The lowest BCUT2D eigenvalue weighted by Crippen LogP contribution is -2.37. The van der Waals surface area contributed by atoms with Crippen LogP contribution in [0.2, 0.25) is 0 Å². The fourth-order valence-electron chi connectivity index (χ4n) is 2.63. The van der Waals surface area contributed by atoms with Crippen LogP contribution in [0.15, 0.2) is 52.4 Å².